The third-order valence-electron chi connectivity index (χ3n) is 6.76. The van der Waals surface area contributed by atoms with Crippen molar-refractivity contribution in [2.24, 2.45) is 16.7 Å². The average Bonchev–Trinajstić information content (AvgIpc) is 3.50. The molecule has 29 heavy (non-hydrogen) atoms. The molecule has 1 N–H and O–H groups in total. The molecule has 1 aliphatic heterocycles. The number of methoxy groups -OCH3 is 1. The van der Waals surface area contributed by atoms with Crippen LogP contribution in [0.4, 0.5) is 13.2 Å². The minimum atomic E-state index is -4.55. The van der Waals surface area contributed by atoms with Gasteiger partial charge in [0.1, 0.15) is 12.1 Å². The van der Waals surface area contributed by atoms with E-state index in [1.807, 2.05) is 13.8 Å². The van der Waals surface area contributed by atoms with Crippen molar-refractivity contribution in [3.8, 4) is 11.8 Å². The lowest BCUT2D eigenvalue weighted by Gasteiger charge is -2.33. The Kier molecular flexibility index (Phi) is 5.16. The molecule has 2 aliphatic carbocycles. The second kappa shape index (κ2) is 6.85. The molecule has 2 saturated carbocycles. The predicted molar refractivity (Wildman–Crippen MR) is 108 cm³/mol. The summed E-state index contributed by atoms with van der Waals surface area (Å²) in [5.74, 6) is 6.10. The second-order valence-corrected chi connectivity index (χ2v) is 8.83. The van der Waals surface area contributed by atoms with Gasteiger partial charge in [-0.1, -0.05) is 44.4 Å². The predicted octanol–water partition coefficient (Wildman–Crippen LogP) is 3.59. The van der Waals surface area contributed by atoms with E-state index in [-0.39, 0.29) is 5.11 Å². The highest BCUT2D eigenvalue weighted by Crippen LogP contribution is 2.73. The molecule has 3 aliphatic rings. The molecule has 0 aromatic rings. The van der Waals surface area contributed by atoms with Crippen LogP contribution in [0.3, 0.4) is 0 Å². The van der Waals surface area contributed by atoms with E-state index in [1.165, 1.54) is 7.11 Å². The van der Waals surface area contributed by atoms with Crippen molar-refractivity contribution in [3.05, 3.63) is 24.3 Å². The molecule has 0 spiro atoms. The third kappa shape index (κ3) is 3.19. The Hall–Kier alpha value is -1.85. The Balaban J connectivity index is 2.01. The van der Waals surface area contributed by atoms with Gasteiger partial charge >= 0.3 is 6.18 Å². The first-order valence-electron chi connectivity index (χ1n) is 9.45. The summed E-state index contributed by atoms with van der Waals surface area (Å²) in [6.07, 6.45) is 0.555. The molecule has 2 unspecified atom stereocenters. The minimum absolute atomic E-state index is 0.224. The summed E-state index contributed by atoms with van der Waals surface area (Å²) in [7, 11) is 1.53. The fourth-order valence-corrected chi connectivity index (χ4v) is 5.02. The Morgan fingerprint density at radius 3 is 2.52 bits per heavy atom. The number of allylic oxidation sites excluding steroid dienone is 2. The standard InChI is InChI=1S/C21H25F3N2O2S/c1-6-7-14(11-10-13-8-9-13)18(2)15(28-5)19(18,3)20(4)16(27)26(17(29)25-20)12-21(22,23)24/h6-7,13,15H,1,8-9,12H2,2-5H3,(H,25,29)/b14-7-/t15-,18?,19-,20?/m1/s1. The van der Waals surface area contributed by atoms with Crippen molar-refractivity contribution < 1.29 is 22.7 Å². The summed E-state index contributed by atoms with van der Waals surface area (Å²) in [6, 6.07) is 0. The monoisotopic (exact) mass is 426 g/mol. The molecule has 4 nitrogen and oxygen atoms in total. The Bertz CT molecular complexity index is 854. The van der Waals surface area contributed by atoms with Crippen molar-refractivity contribution in [1.29, 1.82) is 0 Å². The van der Waals surface area contributed by atoms with Gasteiger partial charge in [0.25, 0.3) is 5.91 Å². The topological polar surface area (TPSA) is 41.6 Å². The highest BCUT2D eigenvalue weighted by Gasteiger charge is 2.83. The van der Waals surface area contributed by atoms with E-state index in [2.05, 4.69) is 23.7 Å². The van der Waals surface area contributed by atoms with E-state index in [0.29, 0.717) is 10.8 Å². The van der Waals surface area contributed by atoms with Gasteiger partial charge < -0.3 is 10.1 Å². The minimum Gasteiger partial charge on any atom is -0.380 e. The molecule has 4 atom stereocenters. The van der Waals surface area contributed by atoms with Gasteiger partial charge in [-0.15, -0.1) is 0 Å². The first-order valence-corrected chi connectivity index (χ1v) is 9.86. The van der Waals surface area contributed by atoms with Crippen molar-refractivity contribution in [2.75, 3.05) is 13.7 Å². The number of alkyl halides is 3. The number of amides is 1. The molecular formula is C21H25F3N2O2S. The van der Waals surface area contributed by atoms with Gasteiger partial charge in [-0.2, -0.15) is 13.2 Å². The van der Waals surface area contributed by atoms with E-state index in [1.54, 1.807) is 19.1 Å². The zero-order valence-corrected chi connectivity index (χ0v) is 17.8. The molecule has 3 fully saturated rings. The third-order valence-corrected chi connectivity index (χ3v) is 7.09. The Labute approximate surface area is 174 Å². The normalized spacial score (nSPS) is 37.1. The number of thiocarbonyl (C=S) groups is 1. The smallest absolute Gasteiger partial charge is 0.380 e. The molecule has 0 aromatic carbocycles. The zero-order chi connectivity index (χ0) is 21.8. The van der Waals surface area contributed by atoms with Crippen LogP contribution in [0.5, 0.6) is 0 Å². The SMILES string of the molecule is C=C/C=C(/C#CC1CC1)C1(C)[C@@H](OC)[C@@]1(C)C1(C)NC(=S)N(CC(F)(F)F)C1=O. The quantitative estimate of drug-likeness (QED) is 0.415. The molecule has 1 saturated heterocycles. The molecule has 1 heterocycles. The number of ether oxygens (including phenoxy) is 1. The molecule has 158 valence electrons. The van der Waals surface area contributed by atoms with E-state index in [4.69, 9.17) is 17.0 Å². The summed E-state index contributed by atoms with van der Waals surface area (Å²) in [5, 5.41) is 2.65. The lowest BCUT2D eigenvalue weighted by Crippen LogP contribution is -2.54. The van der Waals surface area contributed by atoms with Crippen LogP contribution in [-0.4, -0.2) is 47.4 Å². The van der Waals surface area contributed by atoms with Gasteiger partial charge in [0.15, 0.2) is 5.11 Å². The zero-order valence-electron chi connectivity index (χ0n) is 16.9. The highest BCUT2D eigenvalue weighted by atomic mass is 32.1. The molecule has 3 rings (SSSR count). The van der Waals surface area contributed by atoms with Gasteiger partial charge in [-0.25, -0.2) is 0 Å². The van der Waals surface area contributed by atoms with Crippen LogP contribution in [0.2, 0.25) is 0 Å². The highest BCUT2D eigenvalue weighted by molar-refractivity contribution is 7.80. The van der Waals surface area contributed by atoms with Gasteiger partial charge in [0, 0.05) is 29.4 Å². The number of rotatable bonds is 5. The molecule has 0 radical (unpaired) electrons. The average molecular weight is 427 g/mol. The second-order valence-electron chi connectivity index (χ2n) is 8.44. The number of hydrogen-bond donors (Lipinski definition) is 1. The summed E-state index contributed by atoms with van der Waals surface area (Å²) in [4.78, 5) is 13.7. The molecule has 0 bridgehead atoms. The van der Waals surface area contributed by atoms with Gasteiger partial charge in [0.05, 0.1) is 6.10 Å². The first-order chi connectivity index (χ1) is 13.4. The molecule has 1 amide bonds. The number of nitrogens with zero attached hydrogens (tertiary/aromatic N) is 1. The number of hydrogen-bond acceptors (Lipinski definition) is 3. The summed E-state index contributed by atoms with van der Waals surface area (Å²) >= 11 is 5.09. The van der Waals surface area contributed by atoms with Crippen LogP contribution < -0.4 is 5.32 Å². The maximum Gasteiger partial charge on any atom is 0.406 e. The first kappa shape index (κ1) is 21.8. The Morgan fingerprint density at radius 1 is 1.41 bits per heavy atom. The van der Waals surface area contributed by atoms with Gasteiger partial charge in [-0.3, -0.25) is 9.69 Å². The van der Waals surface area contributed by atoms with Crippen LogP contribution in [-0.2, 0) is 9.53 Å². The fraction of sp³-hybridized carbons (Fsp3) is 0.619. The molecule has 0 aromatic heterocycles. The summed E-state index contributed by atoms with van der Waals surface area (Å²) in [6.45, 7) is 7.69. The maximum atomic E-state index is 13.2. The van der Waals surface area contributed by atoms with Gasteiger partial charge in [-0.05, 0) is 32.0 Å². The number of carbonyl (C=O) groups is 1. The van der Waals surface area contributed by atoms with E-state index >= 15 is 0 Å². The Morgan fingerprint density at radius 2 is 2.03 bits per heavy atom. The molecule has 8 heteroatoms. The van der Waals surface area contributed by atoms with Crippen LogP contribution in [0.15, 0.2) is 24.3 Å². The lowest BCUT2D eigenvalue weighted by molar-refractivity contribution is -0.155. The van der Waals surface area contributed by atoms with Crippen LogP contribution in [0.1, 0.15) is 33.6 Å². The van der Waals surface area contributed by atoms with Crippen molar-refractivity contribution >= 4 is 23.2 Å². The van der Waals surface area contributed by atoms with E-state index < -0.39 is 41.1 Å². The molecular weight excluding hydrogens is 401 g/mol. The number of halogens is 3. The van der Waals surface area contributed by atoms with Crippen LogP contribution >= 0.6 is 12.2 Å². The van der Waals surface area contributed by atoms with Crippen molar-refractivity contribution in [2.45, 2.75) is 51.4 Å². The number of nitrogens with one attached hydrogen (secondary N) is 1. The maximum absolute atomic E-state index is 13.2. The van der Waals surface area contributed by atoms with E-state index in [0.717, 1.165) is 18.4 Å². The fourth-order valence-electron chi connectivity index (χ4n) is 4.67. The van der Waals surface area contributed by atoms with Crippen LogP contribution in [0, 0.1) is 28.6 Å². The van der Waals surface area contributed by atoms with Crippen LogP contribution in [0.25, 0.3) is 0 Å². The van der Waals surface area contributed by atoms with Crippen molar-refractivity contribution in [3.63, 3.8) is 0 Å². The van der Waals surface area contributed by atoms with Crippen molar-refractivity contribution in [1.82, 2.24) is 10.2 Å². The largest absolute Gasteiger partial charge is 0.406 e. The van der Waals surface area contributed by atoms with Gasteiger partial charge in [0.2, 0.25) is 0 Å². The lowest BCUT2D eigenvalue weighted by atomic mass is 9.75. The van der Waals surface area contributed by atoms with E-state index in [9.17, 15) is 18.0 Å². The summed E-state index contributed by atoms with van der Waals surface area (Å²) < 4.78 is 44.7. The summed E-state index contributed by atoms with van der Waals surface area (Å²) in [5.41, 5.74) is -2.18. The number of carbonyl (C=O) groups excluding carboxylic acids is 1.